The lowest BCUT2D eigenvalue weighted by molar-refractivity contribution is 0.282. The Balaban J connectivity index is 2.66. The molecule has 0 aliphatic rings. The molecule has 1 aromatic rings. The van der Waals surface area contributed by atoms with Crippen molar-refractivity contribution in [2.75, 3.05) is 6.54 Å². The van der Waals surface area contributed by atoms with Crippen LogP contribution in [0.15, 0.2) is 30.3 Å². The molecule has 0 bridgehead atoms. The summed E-state index contributed by atoms with van der Waals surface area (Å²) >= 11 is 0. The Morgan fingerprint density at radius 3 is 2.92 bits per heavy atom. The van der Waals surface area contributed by atoms with Gasteiger partial charge in [0.15, 0.2) is 0 Å². The largest absolute Gasteiger partial charge is 0.392 e. The van der Waals surface area contributed by atoms with Crippen molar-refractivity contribution in [3.05, 3.63) is 41.5 Å². The Labute approximate surface area is 78.7 Å². The van der Waals surface area contributed by atoms with Crippen LogP contribution < -0.4 is 5.73 Å². The average Bonchev–Trinajstić information content (AvgIpc) is 2.19. The molecule has 2 nitrogen and oxygen atoms in total. The van der Waals surface area contributed by atoms with Crippen LogP contribution in [-0.2, 0) is 6.61 Å². The third-order valence-corrected chi connectivity index (χ3v) is 1.78. The molecule has 3 N–H and O–H groups in total. The van der Waals surface area contributed by atoms with Gasteiger partial charge in [0.25, 0.3) is 0 Å². The number of rotatable bonds is 4. The molecule has 0 amide bonds. The van der Waals surface area contributed by atoms with Crippen LogP contribution in [0.3, 0.4) is 0 Å². The van der Waals surface area contributed by atoms with E-state index in [0.717, 1.165) is 17.5 Å². The first-order valence-corrected chi connectivity index (χ1v) is 4.43. The highest BCUT2D eigenvalue weighted by atomic mass is 16.3. The Bertz CT molecular complexity index is 281. The van der Waals surface area contributed by atoms with E-state index in [0.29, 0.717) is 6.54 Å². The standard InChI is InChI=1S/C11H15NO/c12-7-2-1-4-10-5-3-6-11(8-10)9-13/h1,3-6,8,13H,2,7,9,12H2. The van der Waals surface area contributed by atoms with Gasteiger partial charge in [0.05, 0.1) is 6.61 Å². The zero-order valence-corrected chi connectivity index (χ0v) is 7.61. The third-order valence-electron chi connectivity index (χ3n) is 1.78. The van der Waals surface area contributed by atoms with E-state index >= 15 is 0 Å². The first-order chi connectivity index (χ1) is 6.36. The van der Waals surface area contributed by atoms with Gasteiger partial charge in [0, 0.05) is 0 Å². The Hall–Kier alpha value is -1.12. The molecular weight excluding hydrogens is 162 g/mol. The van der Waals surface area contributed by atoms with Crippen LogP contribution in [0.25, 0.3) is 6.08 Å². The first-order valence-electron chi connectivity index (χ1n) is 4.43. The van der Waals surface area contributed by atoms with Crippen molar-refractivity contribution in [2.45, 2.75) is 13.0 Å². The van der Waals surface area contributed by atoms with Crippen molar-refractivity contribution >= 4 is 6.08 Å². The molecule has 0 heterocycles. The minimum Gasteiger partial charge on any atom is -0.392 e. The summed E-state index contributed by atoms with van der Waals surface area (Å²) in [5.74, 6) is 0. The second-order valence-corrected chi connectivity index (χ2v) is 2.88. The number of hydrogen-bond acceptors (Lipinski definition) is 2. The lowest BCUT2D eigenvalue weighted by Crippen LogP contribution is -1.94. The Kier molecular flexibility index (Phi) is 4.23. The minimum atomic E-state index is 0.0958. The molecule has 0 spiro atoms. The van der Waals surface area contributed by atoms with Crippen molar-refractivity contribution < 1.29 is 5.11 Å². The van der Waals surface area contributed by atoms with Crippen molar-refractivity contribution in [1.82, 2.24) is 0 Å². The monoisotopic (exact) mass is 177 g/mol. The zero-order valence-electron chi connectivity index (χ0n) is 7.61. The van der Waals surface area contributed by atoms with Crippen LogP contribution in [0.1, 0.15) is 17.5 Å². The fraction of sp³-hybridized carbons (Fsp3) is 0.273. The quantitative estimate of drug-likeness (QED) is 0.732. The Morgan fingerprint density at radius 1 is 1.38 bits per heavy atom. The second-order valence-electron chi connectivity index (χ2n) is 2.88. The molecule has 1 rings (SSSR count). The molecular formula is C11H15NO. The van der Waals surface area contributed by atoms with Gasteiger partial charge < -0.3 is 10.8 Å². The lowest BCUT2D eigenvalue weighted by atomic mass is 10.1. The normalized spacial score (nSPS) is 10.9. The summed E-state index contributed by atoms with van der Waals surface area (Å²) in [6, 6.07) is 7.81. The second kappa shape index (κ2) is 5.51. The summed E-state index contributed by atoms with van der Waals surface area (Å²) in [5, 5.41) is 8.89. The summed E-state index contributed by atoms with van der Waals surface area (Å²) in [4.78, 5) is 0. The maximum Gasteiger partial charge on any atom is 0.0682 e. The van der Waals surface area contributed by atoms with E-state index < -0.39 is 0 Å². The number of benzene rings is 1. The fourth-order valence-electron chi connectivity index (χ4n) is 1.11. The van der Waals surface area contributed by atoms with Crippen LogP contribution in [-0.4, -0.2) is 11.7 Å². The molecule has 1 aromatic carbocycles. The molecule has 0 radical (unpaired) electrons. The Morgan fingerprint density at radius 2 is 2.23 bits per heavy atom. The molecule has 0 aliphatic carbocycles. The summed E-state index contributed by atoms with van der Waals surface area (Å²) in [5.41, 5.74) is 7.41. The van der Waals surface area contributed by atoms with Crippen LogP contribution in [0.5, 0.6) is 0 Å². The van der Waals surface area contributed by atoms with Gasteiger partial charge in [-0.1, -0.05) is 30.4 Å². The van der Waals surface area contributed by atoms with Crippen LogP contribution in [0.2, 0.25) is 0 Å². The zero-order chi connectivity index (χ0) is 9.52. The lowest BCUT2D eigenvalue weighted by Gasteiger charge is -1.97. The van der Waals surface area contributed by atoms with E-state index in [1.54, 1.807) is 0 Å². The first kappa shape index (κ1) is 9.96. The van der Waals surface area contributed by atoms with E-state index in [9.17, 15) is 0 Å². The molecule has 0 fully saturated rings. The highest BCUT2D eigenvalue weighted by Crippen LogP contribution is 2.07. The highest BCUT2D eigenvalue weighted by molar-refractivity contribution is 5.50. The molecule has 0 saturated heterocycles. The molecule has 13 heavy (non-hydrogen) atoms. The van der Waals surface area contributed by atoms with Crippen LogP contribution in [0.4, 0.5) is 0 Å². The maximum atomic E-state index is 8.89. The van der Waals surface area contributed by atoms with Crippen molar-refractivity contribution in [1.29, 1.82) is 0 Å². The number of aliphatic hydroxyl groups is 1. The van der Waals surface area contributed by atoms with E-state index in [2.05, 4.69) is 0 Å². The van der Waals surface area contributed by atoms with E-state index in [4.69, 9.17) is 10.8 Å². The van der Waals surface area contributed by atoms with Gasteiger partial charge in [-0.3, -0.25) is 0 Å². The summed E-state index contributed by atoms with van der Waals surface area (Å²) in [6.45, 7) is 0.773. The molecule has 0 atom stereocenters. The molecule has 0 saturated carbocycles. The van der Waals surface area contributed by atoms with Crippen molar-refractivity contribution in [3.8, 4) is 0 Å². The number of nitrogens with two attached hydrogens (primary N) is 1. The minimum absolute atomic E-state index is 0.0958. The third kappa shape index (κ3) is 3.40. The van der Waals surface area contributed by atoms with E-state index in [1.165, 1.54) is 0 Å². The molecule has 0 aliphatic heterocycles. The summed E-state index contributed by atoms with van der Waals surface area (Å²) < 4.78 is 0. The van der Waals surface area contributed by atoms with Gasteiger partial charge in [-0.2, -0.15) is 0 Å². The van der Waals surface area contributed by atoms with Crippen molar-refractivity contribution in [2.24, 2.45) is 5.73 Å². The number of hydrogen-bond donors (Lipinski definition) is 2. The van der Waals surface area contributed by atoms with Gasteiger partial charge in [0.1, 0.15) is 0 Å². The fourth-order valence-corrected chi connectivity index (χ4v) is 1.11. The predicted molar refractivity (Wildman–Crippen MR) is 55.1 cm³/mol. The SMILES string of the molecule is NCCC=Cc1cccc(CO)c1. The number of aliphatic hydroxyl groups excluding tert-OH is 1. The van der Waals surface area contributed by atoms with Crippen LogP contribution in [0, 0.1) is 0 Å². The smallest absolute Gasteiger partial charge is 0.0682 e. The van der Waals surface area contributed by atoms with Gasteiger partial charge in [0.2, 0.25) is 0 Å². The van der Waals surface area contributed by atoms with E-state index in [-0.39, 0.29) is 6.61 Å². The maximum absolute atomic E-state index is 8.89. The van der Waals surface area contributed by atoms with Crippen molar-refractivity contribution in [3.63, 3.8) is 0 Å². The van der Waals surface area contributed by atoms with E-state index in [1.807, 2.05) is 36.4 Å². The van der Waals surface area contributed by atoms with Gasteiger partial charge in [-0.05, 0) is 30.2 Å². The summed E-state index contributed by atoms with van der Waals surface area (Å²) in [7, 11) is 0. The average molecular weight is 177 g/mol. The van der Waals surface area contributed by atoms with Gasteiger partial charge >= 0.3 is 0 Å². The summed E-state index contributed by atoms with van der Waals surface area (Å²) in [6.07, 6.45) is 4.95. The topological polar surface area (TPSA) is 46.2 Å². The van der Waals surface area contributed by atoms with Gasteiger partial charge in [-0.25, -0.2) is 0 Å². The highest BCUT2D eigenvalue weighted by Gasteiger charge is 1.90. The van der Waals surface area contributed by atoms with Crippen LogP contribution >= 0.6 is 0 Å². The predicted octanol–water partition coefficient (Wildman–Crippen LogP) is 1.54. The molecule has 0 unspecified atom stereocenters. The molecule has 70 valence electrons. The molecule has 2 heteroatoms. The molecule has 0 aromatic heterocycles. The van der Waals surface area contributed by atoms with Gasteiger partial charge in [-0.15, -0.1) is 0 Å².